The molecule has 1 heterocycles. The maximum atomic E-state index is 5.88. The summed E-state index contributed by atoms with van der Waals surface area (Å²) in [7, 11) is 1.60. The van der Waals surface area contributed by atoms with Gasteiger partial charge in [-0.3, -0.25) is 0 Å². The lowest BCUT2D eigenvalue weighted by atomic mass is 10.2. The molecule has 0 saturated heterocycles. The summed E-state index contributed by atoms with van der Waals surface area (Å²) in [6, 6.07) is 11.3. The van der Waals surface area contributed by atoms with Gasteiger partial charge in [0.25, 0.3) is 0 Å². The SMILES string of the molecule is COc1ccc(CC#Cc2cccc(Cl)c2)cn1. The van der Waals surface area contributed by atoms with Gasteiger partial charge in [0.15, 0.2) is 0 Å². The van der Waals surface area contributed by atoms with Gasteiger partial charge in [-0.15, -0.1) is 0 Å². The van der Waals surface area contributed by atoms with Gasteiger partial charge in [-0.05, 0) is 23.8 Å². The van der Waals surface area contributed by atoms with Crippen molar-refractivity contribution in [2.75, 3.05) is 7.11 Å². The Bertz CT molecular complexity index is 581. The van der Waals surface area contributed by atoms with E-state index in [0.29, 0.717) is 17.3 Å². The average Bonchev–Trinajstić information content (AvgIpc) is 2.40. The largest absolute Gasteiger partial charge is 0.481 e. The molecular weight excluding hydrogens is 246 g/mol. The van der Waals surface area contributed by atoms with Crippen LogP contribution in [-0.4, -0.2) is 12.1 Å². The summed E-state index contributed by atoms with van der Waals surface area (Å²) in [5.74, 6) is 6.77. The van der Waals surface area contributed by atoms with Gasteiger partial charge in [0.1, 0.15) is 0 Å². The van der Waals surface area contributed by atoms with E-state index in [4.69, 9.17) is 16.3 Å². The second kappa shape index (κ2) is 6.09. The van der Waals surface area contributed by atoms with Crippen LogP contribution < -0.4 is 4.74 Å². The number of rotatable bonds is 2. The monoisotopic (exact) mass is 257 g/mol. The van der Waals surface area contributed by atoms with Crippen LogP contribution in [0.5, 0.6) is 5.88 Å². The van der Waals surface area contributed by atoms with E-state index in [1.165, 1.54) is 0 Å². The molecule has 0 radical (unpaired) electrons. The van der Waals surface area contributed by atoms with Crippen molar-refractivity contribution < 1.29 is 4.74 Å². The molecule has 0 bridgehead atoms. The summed E-state index contributed by atoms with van der Waals surface area (Å²) in [6.07, 6.45) is 2.43. The zero-order valence-electron chi connectivity index (χ0n) is 9.98. The van der Waals surface area contributed by atoms with Gasteiger partial charge >= 0.3 is 0 Å². The fraction of sp³-hybridized carbons (Fsp3) is 0.133. The zero-order chi connectivity index (χ0) is 12.8. The molecule has 0 spiro atoms. The number of hydrogen-bond donors (Lipinski definition) is 0. The average molecular weight is 258 g/mol. The smallest absolute Gasteiger partial charge is 0.212 e. The van der Waals surface area contributed by atoms with E-state index in [1.807, 2.05) is 36.4 Å². The summed E-state index contributed by atoms with van der Waals surface area (Å²) >= 11 is 5.88. The van der Waals surface area contributed by atoms with Crippen molar-refractivity contribution in [3.8, 4) is 17.7 Å². The standard InChI is InChI=1S/C15H12ClNO/c1-18-15-9-8-13(11-17-15)6-2-4-12-5-3-7-14(16)10-12/h3,5,7-11H,6H2,1H3. The number of benzene rings is 1. The molecule has 0 fully saturated rings. The van der Waals surface area contributed by atoms with Gasteiger partial charge in [0.2, 0.25) is 5.88 Å². The molecule has 2 rings (SSSR count). The summed E-state index contributed by atoms with van der Waals surface area (Å²) in [6.45, 7) is 0. The molecular formula is C15H12ClNO. The number of halogens is 1. The van der Waals surface area contributed by atoms with E-state index in [2.05, 4.69) is 16.8 Å². The highest BCUT2D eigenvalue weighted by Crippen LogP contribution is 2.10. The molecule has 0 aliphatic carbocycles. The van der Waals surface area contributed by atoms with Crippen LogP contribution in [-0.2, 0) is 6.42 Å². The van der Waals surface area contributed by atoms with Gasteiger partial charge in [-0.25, -0.2) is 4.98 Å². The zero-order valence-corrected chi connectivity index (χ0v) is 10.7. The Hall–Kier alpha value is -1.98. The van der Waals surface area contributed by atoms with Crippen LogP contribution in [0, 0.1) is 11.8 Å². The number of hydrogen-bond acceptors (Lipinski definition) is 2. The van der Waals surface area contributed by atoms with Crippen LogP contribution in [0.1, 0.15) is 11.1 Å². The van der Waals surface area contributed by atoms with E-state index in [0.717, 1.165) is 11.1 Å². The van der Waals surface area contributed by atoms with Crippen molar-refractivity contribution in [3.05, 3.63) is 58.7 Å². The molecule has 1 aromatic carbocycles. The number of nitrogens with zero attached hydrogens (tertiary/aromatic N) is 1. The van der Waals surface area contributed by atoms with Gasteiger partial charge in [0, 0.05) is 29.3 Å². The van der Waals surface area contributed by atoms with Crippen molar-refractivity contribution in [3.63, 3.8) is 0 Å². The highest BCUT2D eigenvalue weighted by molar-refractivity contribution is 6.30. The Labute approximate surface area is 112 Å². The highest BCUT2D eigenvalue weighted by atomic mass is 35.5. The lowest BCUT2D eigenvalue weighted by molar-refractivity contribution is 0.397. The Balaban J connectivity index is 2.03. The first-order chi connectivity index (χ1) is 8.78. The number of pyridine rings is 1. The molecule has 0 aliphatic rings. The lowest BCUT2D eigenvalue weighted by Gasteiger charge is -1.98. The molecule has 0 saturated carbocycles. The van der Waals surface area contributed by atoms with E-state index in [9.17, 15) is 0 Å². The van der Waals surface area contributed by atoms with Crippen LogP contribution in [0.3, 0.4) is 0 Å². The number of ether oxygens (including phenoxy) is 1. The molecule has 3 heteroatoms. The molecule has 1 aromatic heterocycles. The van der Waals surface area contributed by atoms with Gasteiger partial charge in [-0.2, -0.15) is 0 Å². The molecule has 2 nitrogen and oxygen atoms in total. The first-order valence-corrected chi connectivity index (χ1v) is 5.89. The third-order valence-electron chi connectivity index (χ3n) is 2.36. The first kappa shape index (κ1) is 12.5. The minimum atomic E-state index is 0.613. The Morgan fingerprint density at radius 3 is 2.83 bits per heavy atom. The highest BCUT2D eigenvalue weighted by Gasteiger charge is 1.93. The molecule has 18 heavy (non-hydrogen) atoms. The van der Waals surface area contributed by atoms with Crippen molar-refractivity contribution in [1.29, 1.82) is 0 Å². The topological polar surface area (TPSA) is 22.1 Å². The Morgan fingerprint density at radius 2 is 2.17 bits per heavy atom. The van der Waals surface area contributed by atoms with E-state index in [1.54, 1.807) is 13.3 Å². The third-order valence-corrected chi connectivity index (χ3v) is 2.59. The van der Waals surface area contributed by atoms with Crippen LogP contribution in [0.25, 0.3) is 0 Å². The summed E-state index contributed by atoms with van der Waals surface area (Å²) in [5.41, 5.74) is 1.98. The van der Waals surface area contributed by atoms with Crippen LogP contribution in [0.4, 0.5) is 0 Å². The third kappa shape index (κ3) is 3.51. The second-order valence-corrected chi connectivity index (χ2v) is 4.13. The first-order valence-electron chi connectivity index (χ1n) is 5.51. The fourth-order valence-electron chi connectivity index (χ4n) is 1.45. The van der Waals surface area contributed by atoms with Crippen molar-refractivity contribution in [1.82, 2.24) is 4.98 Å². The van der Waals surface area contributed by atoms with Crippen LogP contribution in [0.15, 0.2) is 42.6 Å². The van der Waals surface area contributed by atoms with Gasteiger partial charge < -0.3 is 4.74 Å². The summed E-state index contributed by atoms with van der Waals surface area (Å²) < 4.78 is 4.99. The van der Waals surface area contributed by atoms with E-state index >= 15 is 0 Å². The van der Waals surface area contributed by atoms with Crippen LogP contribution >= 0.6 is 11.6 Å². The predicted octanol–water partition coefficient (Wildman–Crippen LogP) is 3.34. The van der Waals surface area contributed by atoms with Gasteiger partial charge in [-0.1, -0.05) is 35.6 Å². The molecule has 90 valence electrons. The van der Waals surface area contributed by atoms with E-state index < -0.39 is 0 Å². The van der Waals surface area contributed by atoms with E-state index in [-0.39, 0.29) is 0 Å². The predicted molar refractivity (Wildman–Crippen MR) is 72.8 cm³/mol. The van der Waals surface area contributed by atoms with Crippen LogP contribution in [0.2, 0.25) is 5.02 Å². The summed E-state index contributed by atoms with van der Waals surface area (Å²) in [5, 5.41) is 0.702. The number of aromatic nitrogens is 1. The second-order valence-electron chi connectivity index (χ2n) is 3.70. The summed E-state index contributed by atoms with van der Waals surface area (Å²) in [4.78, 5) is 4.13. The minimum Gasteiger partial charge on any atom is -0.481 e. The maximum absolute atomic E-state index is 5.88. The van der Waals surface area contributed by atoms with Crippen molar-refractivity contribution in [2.24, 2.45) is 0 Å². The molecule has 2 aromatic rings. The Morgan fingerprint density at radius 1 is 1.28 bits per heavy atom. The van der Waals surface area contributed by atoms with Crippen molar-refractivity contribution in [2.45, 2.75) is 6.42 Å². The number of methoxy groups -OCH3 is 1. The quantitative estimate of drug-likeness (QED) is 0.770. The fourth-order valence-corrected chi connectivity index (χ4v) is 1.64. The molecule has 0 N–H and O–H groups in total. The van der Waals surface area contributed by atoms with Crippen molar-refractivity contribution >= 4 is 11.6 Å². The normalized spacial score (nSPS) is 9.44. The Kier molecular flexibility index (Phi) is 4.22. The minimum absolute atomic E-state index is 0.613. The molecule has 0 amide bonds. The maximum Gasteiger partial charge on any atom is 0.212 e. The molecule has 0 unspecified atom stereocenters. The van der Waals surface area contributed by atoms with Gasteiger partial charge in [0.05, 0.1) is 7.11 Å². The molecule has 0 aliphatic heterocycles. The molecule has 0 atom stereocenters. The lowest BCUT2D eigenvalue weighted by Crippen LogP contribution is -1.89.